The molecule has 0 radical (unpaired) electrons. The summed E-state index contributed by atoms with van der Waals surface area (Å²) in [4.78, 5) is 29.6. The number of halogens is 1. The van der Waals surface area contributed by atoms with Crippen LogP contribution in [0.4, 0.5) is 5.69 Å². The van der Waals surface area contributed by atoms with Crippen molar-refractivity contribution < 1.29 is 27.5 Å². The number of ether oxygens (including phenoxy) is 2. The van der Waals surface area contributed by atoms with Crippen LogP contribution >= 0.6 is 15.9 Å². The molecule has 3 aromatic carbocycles. The molecule has 1 aliphatic heterocycles. The lowest BCUT2D eigenvalue weighted by Crippen LogP contribution is -2.54. The molecule has 42 heavy (non-hydrogen) atoms. The van der Waals surface area contributed by atoms with Crippen molar-refractivity contribution in [2.24, 2.45) is 0 Å². The Morgan fingerprint density at radius 1 is 0.952 bits per heavy atom. The third-order valence-electron chi connectivity index (χ3n) is 7.56. The standard InChI is InChI=1S/C31H34BrN3O6S/c1-42(38,39)35(26-15-16-28-29(18-26)41-21-40-28)20-30(36)34(19-23-11-13-24(32)14-12-23)27(17-22-7-3-2-4-8-22)31(37)33-25-9-5-6-10-25/h2-4,7-8,11-16,18,25,27H,5-6,9-10,17,19-21H2,1H3,(H,33,37)/t27-/m1/s1. The van der Waals surface area contributed by atoms with Crippen LogP contribution in [0.15, 0.2) is 77.3 Å². The summed E-state index contributed by atoms with van der Waals surface area (Å²) in [7, 11) is -3.88. The second-order valence-corrected chi connectivity index (χ2v) is 13.5. The molecule has 222 valence electrons. The summed E-state index contributed by atoms with van der Waals surface area (Å²) < 4.78 is 38.8. The number of sulfonamides is 1. The largest absolute Gasteiger partial charge is 0.454 e. The molecular formula is C31H34BrN3O6S. The zero-order valence-corrected chi connectivity index (χ0v) is 25.8. The van der Waals surface area contributed by atoms with E-state index in [0.717, 1.165) is 51.8 Å². The van der Waals surface area contributed by atoms with Gasteiger partial charge in [0.2, 0.25) is 28.6 Å². The maximum Gasteiger partial charge on any atom is 0.244 e. The lowest BCUT2D eigenvalue weighted by Gasteiger charge is -2.34. The number of fused-ring (bicyclic) bond motifs is 1. The molecule has 5 rings (SSSR count). The lowest BCUT2D eigenvalue weighted by molar-refractivity contribution is -0.140. The second-order valence-electron chi connectivity index (χ2n) is 10.7. The van der Waals surface area contributed by atoms with Gasteiger partial charge in [-0.05, 0) is 48.2 Å². The number of nitrogens with zero attached hydrogens (tertiary/aromatic N) is 2. The van der Waals surface area contributed by atoms with Gasteiger partial charge in [0.15, 0.2) is 11.5 Å². The summed E-state index contributed by atoms with van der Waals surface area (Å²) in [5, 5.41) is 3.17. The highest BCUT2D eigenvalue weighted by atomic mass is 79.9. The predicted octanol–water partition coefficient (Wildman–Crippen LogP) is 4.64. The van der Waals surface area contributed by atoms with Crippen molar-refractivity contribution in [3.8, 4) is 11.5 Å². The molecule has 1 N–H and O–H groups in total. The van der Waals surface area contributed by atoms with Gasteiger partial charge >= 0.3 is 0 Å². The van der Waals surface area contributed by atoms with E-state index in [0.29, 0.717) is 11.5 Å². The Morgan fingerprint density at radius 2 is 1.64 bits per heavy atom. The van der Waals surface area contributed by atoms with Crippen molar-refractivity contribution in [2.75, 3.05) is 23.9 Å². The fourth-order valence-corrected chi connectivity index (χ4v) is 6.47. The van der Waals surface area contributed by atoms with Crippen LogP contribution in [0.1, 0.15) is 36.8 Å². The molecule has 0 bridgehead atoms. The number of carbonyl (C=O) groups excluding carboxylic acids is 2. The molecule has 1 fully saturated rings. The van der Waals surface area contributed by atoms with Crippen molar-refractivity contribution in [3.05, 3.63) is 88.4 Å². The molecule has 0 unspecified atom stereocenters. The maximum absolute atomic E-state index is 14.2. The number of carbonyl (C=O) groups is 2. The molecule has 2 aliphatic rings. The molecular weight excluding hydrogens is 622 g/mol. The van der Waals surface area contributed by atoms with Crippen molar-refractivity contribution in [2.45, 2.75) is 50.7 Å². The lowest BCUT2D eigenvalue weighted by atomic mass is 10.0. The van der Waals surface area contributed by atoms with Gasteiger partial charge in [0, 0.05) is 29.5 Å². The Bertz CT molecular complexity index is 1510. The number of hydrogen-bond acceptors (Lipinski definition) is 6. The van der Waals surface area contributed by atoms with Gasteiger partial charge in [0.05, 0.1) is 11.9 Å². The molecule has 0 saturated heterocycles. The first kappa shape index (κ1) is 29.9. The van der Waals surface area contributed by atoms with Crippen LogP contribution in [0.25, 0.3) is 0 Å². The van der Waals surface area contributed by atoms with E-state index in [1.165, 1.54) is 4.90 Å². The molecule has 1 atom stereocenters. The van der Waals surface area contributed by atoms with E-state index < -0.39 is 28.5 Å². The number of anilines is 1. The Balaban J connectivity index is 1.50. The summed E-state index contributed by atoms with van der Waals surface area (Å²) in [5.74, 6) is 0.161. The normalized spacial score (nSPS) is 15.3. The first-order valence-electron chi connectivity index (χ1n) is 13.9. The molecule has 0 aromatic heterocycles. The van der Waals surface area contributed by atoms with Gasteiger partial charge in [-0.25, -0.2) is 8.42 Å². The molecule has 2 amide bonds. The maximum atomic E-state index is 14.2. The molecule has 9 nitrogen and oxygen atoms in total. The number of nitrogens with one attached hydrogen (secondary N) is 1. The third kappa shape index (κ3) is 7.43. The van der Waals surface area contributed by atoms with E-state index in [-0.39, 0.29) is 37.4 Å². The molecule has 1 heterocycles. The van der Waals surface area contributed by atoms with Crippen molar-refractivity contribution >= 4 is 43.5 Å². The fraction of sp³-hybridized carbons (Fsp3) is 0.355. The number of rotatable bonds is 11. The van der Waals surface area contributed by atoms with Crippen LogP contribution in [0.5, 0.6) is 11.5 Å². The summed E-state index contributed by atoms with van der Waals surface area (Å²) in [5.41, 5.74) is 1.98. The number of benzene rings is 3. The Hall–Kier alpha value is -3.57. The first-order valence-corrected chi connectivity index (χ1v) is 16.6. The summed E-state index contributed by atoms with van der Waals surface area (Å²) in [6, 6.07) is 21.0. The molecule has 1 aliphatic carbocycles. The second kappa shape index (κ2) is 13.2. The van der Waals surface area contributed by atoms with Crippen LogP contribution in [0, 0.1) is 0 Å². The minimum atomic E-state index is -3.88. The number of hydrogen-bond donors (Lipinski definition) is 1. The molecule has 0 spiro atoms. The fourth-order valence-electron chi connectivity index (χ4n) is 5.36. The predicted molar refractivity (Wildman–Crippen MR) is 164 cm³/mol. The van der Waals surface area contributed by atoms with Crippen LogP contribution in [0.3, 0.4) is 0 Å². The Labute approximate surface area is 255 Å². The Kier molecular flexibility index (Phi) is 9.37. The Morgan fingerprint density at radius 3 is 2.33 bits per heavy atom. The van der Waals surface area contributed by atoms with Gasteiger partial charge in [0.1, 0.15) is 12.6 Å². The van der Waals surface area contributed by atoms with E-state index in [4.69, 9.17) is 9.47 Å². The van der Waals surface area contributed by atoms with E-state index >= 15 is 0 Å². The SMILES string of the molecule is CS(=O)(=O)N(CC(=O)N(Cc1ccc(Br)cc1)[C@H](Cc1ccccc1)C(=O)NC1CCCC1)c1ccc2c(c1)OCO2. The van der Waals surface area contributed by atoms with Gasteiger partial charge in [-0.3, -0.25) is 13.9 Å². The topological polar surface area (TPSA) is 105 Å². The van der Waals surface area contributed by atoms with Crippen LogP contribution in [-0.2, 0) is 32.6 Å². The molecule has 3 aromatic rings. The van der Waals surface area contributed by atoms with E-state index in [2.05, 4.69) is 21.2 Å². The van der Waals surface area contributed by atoms with Crippen LogP contribution in [-0.4, -0.2) is 56.8 Å². The summed E-state index contributed by atoms with van der Waals surface area (Å²) in [6.45, 7) is -0.327. The highest BCUT2D eigenvalue weighted by Gasteiger charge is 2.34. The highest BCUT2D eigenvalue weighted by molar-refractivity contribution is 9.10. The van der Waals surface area contributed by atoms with E-state index in [9.17, 15) is 18.0 Å². The average Bonchev–Trinajstić information content (AvgIpc) is 3.66. The zero-order valence-electron chi connectivity index (χ0n) is 23.4. The third-order valence-corrected chi connectivity index (χ3v) is 9.23. The quantitative estimate of drug-likeness (QED) is 0.323. The molecule has 11 heteroatoms. The minimum Gasteiger partial charge on any atom is -0.454 e. The summed E-state index contributed by atoms with van der Waals surface area (Å²) >= 11 is 3.45. The van der Waals surface area contributed by atoms with Gasteiger partial charge in [0.25, 0.3) is 0 Å². The van der Waals surface area contributed by atoms with E-state index in [1.54, 1.807) is 18.2 Å². The van der Waals surface area contributed by atoms with Gasteiger partial charge in [-0.15, -0.1) is 0 Å². The monoisotopic (exact) mass is 655 g/mol. The van der Waals surface area contributed by atoms with Crippen LogP contribution < -0.4 is 19.1 Å². The zero-order chi connectivity index (χ0) is 29.7. The van der Waals surface area contributed by atoms with E-state index in [1.807, 2.05) is 54.6 Å². The van der Waals surface area contributed by atoms with Crippen LogP contribution in [0.2, 0.25) is 0 Å². The van der Waals surface area contributed by atoms with Crippen molar-refractivity contribution in [1.82, 2.24) is 10.2 Å². The van der Waals surface area contributed by atoms with Crippen molar-refractivity contribution in [3.63, 3.8) is 0 Å². The smallest absolute Gasteiger partial charge is 0.244 e. The minimum absolute atomic E-state index is 0.0365. The van der Waals surface area contributed by atoms with Gasteiger partial charge in [-0.2, -0.15) is 0 Å². The first-order chi connectivity index (χ1) is 20.2. The molecule has 1 saturated carbocycles. The summed E-state index contributed by atoms with van der Waals surface area (Å²) in [6.07, 6.45) is 5.24. The van der Waals surface area contributed by atoms with Gasteiger partial charge < -0.3 is 19.7 Å². The average molecular weight is 657 g/mol. The number of amides is 2. The van der Waals surface area contributed by atoms with Gasteiger partial charge in [-0.1, -0.05) is 71.2 Å². The highest BCUT2D eigenvalue weighted by Crippen LogP contribution is 2.36. The van der Waals surface area contributed by atoms with Crippen molar-refractivity contribution in [1.29, 1.82) is 0 Å².